The van der Waals surface area contributed by atoms with Crippen molar-refractivity contribution in [2.24, 2.45) is 0 Å². The minimum Gasteiger partial charge on any atom is -0.303 e. The van der Waals surface area contributed by atoms with Crippen molar-refractivity contribution in [3.63, 3.8) is 0 Å². The first-order chi connectivity index (χ1) is 12.2. The average Bonchev–Trinajstić information content (AvgIpc) is 3.06. The van der Waals surface area contributed by atoms with Crippen LogP contribution in [0.1, 0.15) is 41.1 Å². The predicted molar refractivity (Wildman–Crippen MR) is 98.7 cm³/mol. The second-order valence-electron chi connectivity index (χ2n) is 6.44. The zero-order chi connectivity index (χ0) is 17.2. The van der Waals surface area contributed by atoms with Crippen molar-refractivity contribution in [1.29, 1.82) is 0 Å². The molecule has 2 aromatic heterocycles. The molecule has 0 fully saturated rings. The van der Waals surface area contributed by atoms with Crippen LogP contribution in [0.3, 0.4) is 0 Å². The topological polar surface area (TPSA) is 63.6 Å². The van der Waals surface area contributed by atoms with Crippen LogP contribution >= 0.6 is 0 Å². The van der Waals surface area contributed by atoms with Gasteiger partial charge in [0, 0.05) is 17.4 Å². The second-order valence-corrected chi connectivity index (χ2v) is 6.44. The third kappa shape index (κ3) is 3.18. The zero-order valence-electron chi connectivity index (χ0n) is 14.2. The lowest BCUT2D eigenvalue weighted by Gasteiger charge is -2.14. The van der Waals surface area contributed by atoms with Crippen LogP contribution in [0.15, 0.2) is 41.5 Å². The molecule has 126 valence electrons. The maximum atomic E-state index is 11.2. The van der Waals surface area contributed by atoms with Gasteiger partial charge in [-0.05, 0) is 61.9 Å². The van der Waals surface area contributed by atoms with Crippen LogP contribution in [0.5, 0.6) is 0 Å². The molecule has 0 spiro atoms. The first-order valence-corrected chi connectivity index (χ1v) is 8.61. The number of benzene rings is 1. The largest absolute Gasteiger partial charge is 0.303 e. The van der Waals surface area contributed by atoms with Gasteiger partial charge in [-0.3, -0.25) is 4.79 Å². The summed E-state index contributed by atoms with van der Waals surface area (Å²) < 4.78 is 2.20. The molecule has 0 saturated heterocycles. The van der Waals surface area contributed by atoms with Crippen molar-refractivity contribution in [3.8, 4) is 5.69 Å². The minimum absolute atomic E-state index is 0.178. The number of hydrogen-bond acceptors (Lipinski definition) is 3. The van der Waals surface area contributed by atoms with Gasteiger partial charge in [-0.15, -0.1) is 0 Å². The summed E-state index contributed by atoms with van der Waals surface area (Å²) in [4.78, 5) is 15.8. The molecule has 5 heteroatoms. The number of nitrogens with zero attached hydrogens (tertiary/aromatic N) is 3. The van der Waals surface area contributed by atoms with Gasteiger partial charge in [-0.1, -0.05) is 18.2 Å². The van der Waals surface area contributed by atoms with Gasteiger partial charge in [0.15, 0.2) is 0 Å². The Labute approximate surface area is 146 Å². The predicted octanol–water partition coefficient (Wildman–Crippen LogP) is 3.31. The van der Waals surface area contributed by atoms with E-state index >= 15 is 0 Å². The fourth-order valence-corrected chi connectivity index (χ4v) is 3.29. The van der Waals surface area contributed by atoms with Crippen LogP contribution in [0.25, 0.3) is 17.8 Å². The summed E-state index contributed by atoms with van der Waals surface area (Å²) in [6, 6.07) is 9.95. The van der Waals surface area contributed by atoms with Crippen LogP contribution < -0.4 is 5.56 Å². The highest BCUT2D eigenvalue weighted by Crippen LogP contribution is 2.23. The Kier molecular flexibility index (Phi) is 4.06. The van der Waals surface area contributed by atoms with E-state index in [1.54, 1.807) is 6.07 Å². The quantitative estimate of drug-likeness (QED) is 0.800. The Hall–Kier alpha value is -2.95. The molecular formula is C20H20N4O. The van der Waals surface area contributed by atoms with Crippen molar-refractivity contribution in [1.82, 2.24) is 19.7 Å². The SMILES string of the molecule is Cc1cc(=O)[nH]nc1/C=C/c1ccc(-n2cnc3c2CCCC3)cc1. The number of hydrogen-bond donors (Lipinski definition) is 1. The molecule has 0 amide bonds. The van der Waals surface area contributed by atoms with Crippen molar-refractivity contribution in [2.45, 2.75) is 32.6 Å². The maximum Gasteiger partial charge on any atom is 0.264 e. The van der Waals surface area contributed by atoms with Crippen LogP contribution in [-0.4, -0.2) is 19.7 Å². The Morgan fingerprint density at radius 2 is 1.92 bits per heavy atom. The monoisotopic (exact) mass is 332 g/mol. The molecule has 4 rings (SSSR count). The number of H-pyrrole nitrogens is 1. The first kappa shape index (κ1) is 15.6. The van der Waals surface area contributed by atoms with Crippen LogP contribution in [0.2, 0.25) is 0 Å². The summed E-state index contributed by atoms with van der Waals surface area (Å²) in [5.41, 5.74) is 6.28. The maximum absolute atomic E-state index is 11.2. The third-order valence-electron chi connectivity index (χ3n) is 4.67. The van der Waals surface area contributed by atoms with Crippen molar-refractivity contribution in [3.05, 3.63) is 75.2 Å². The van der Waals surface area contributed by atoms with Gasteiger partial charge < -0.3 is 4.57 Å². The minimum atomic E-state index is -0.178. The first-order valence-electron chi connectivity index (χ1n) is 8.61. The molecule has 25 heavy (non-hydrogen) atoms. The lowest BCUT2D eigenvalue weighted by Crippen LogP contribution is -2.08. The van der Waals surface area contributed by atoms with Gasteiger partial charge in [0.25, 0.3) is 5.56 Å². The summed E-state index contributed by atoms with van der Waals surface area (Å²) in [5.74, 6) is 0. The molecule has 1 aliphatic rings. The van der Waals surface area contributed by atoms with Gasteiger partial charge in [0.1, 0.15) is 0 Å². The number of fused-ring (bicyclic) bond motifs is 1. The van der Waals surface area contributed by atoms with E-state index in [-0.39, 0.29) is 5.56 Å². The molecule has 1 aromatic carbocycles. The summed E-state index contributed by atoms with van der Waals surface area (Å²) in [5, 5.41) is 6.53. The van der Waals surface area contributed by atoms with E-state index in [4.69, 9.17) is 0 Å². The van der Waals surface area contributed by atoms with Gasteiger partial charge in [0.05, 0.1) is 17.7 Å². The molecule has 0 unspecified atom stereocenters. The molecular weight excluding hydrogens is 312 g/mol. The Morgan fingerprint density at radius 3 is 2.72 bits per heavy atom. The van der Waals surface area contributed by atoms with Gasteiger partial charge in [0.2, 0.25) is 0 Å². The second kappa shape index (κ2) is 6.51. The van der Waals surface area contributed by atoms with Gasteiger partial charge in [-0.25, -0.2) is 10.1 Å². The van der Waals surface area contributed by atoms with Gasteiger partial charge in [-0.2, -0.15) is 5.10 Å². The Balaban J connectivity index is 1.57. The molecule has 1 aliphatic carbocycles. The van der Waals surface area contributed by atoms with Crippen molar-refractivity contribution in [2.75, 3.05) is 0 Å². The van der Waals surface area contributed by atoms with E-state index in [1.807, 2.05) is 25.4 Å². The van der Waals surface area contributed by atoms with E-state index in [0.29, 0.717) is 0 Å². The summed E-state index contributed by atoms with van der Waals surface area (Å²) >= 11 is 0. The molecule has 0 saturated carbocycles. The number of rotatable bonds is 3. The number of imidazole rings is 1. The van der Waals surface area contributed by atoms with Crippen LogP contribution in [0, 0.1) is 6.92 Å². The fraction of sp³-hybridized carbons (Fsp3) is 0.250. The van der Waals surface area contributed by atoms with E-state index in [2.05, 4.69) is 44.0 Å². The molecule has 0 bridgehead atoms. The molecule has 0 atom stereocenters. The number of aryl methyl sites for hydroxylation is 2. The number of aromatic nitrogens is 4. The molecule has 1 N–H and O–H groups in total. The van der Waals surface area contributed by atoms with E-state index < -0.39 is 0 Å². The van der Waals surface area contributed by atoms with Crippen LogP contribution in [-0.2, 0) is 12.8 Å². The van der Waals surface area contributed by atoms with E-state index in [1.165, 1.54) is 24.2 Å². The molecule has 0 aliphatic heterocycles. The average molecular weight is 332 g/mol. The van der Waals surface area contributed by atoms with Crippen LogP contribution in [0.4, 0.5) is 0 Å². The fourth-order valence-electron chi connectivity index (χ4n) is 3.29. The lowest BCUT2D eigenvalue weighted by molar-refractivity contribution is 0.656. The number of nitrogens with one attached hydrogen (secondary N) is 1. The Morgan fingerprint density at radius 1 is 1.12 bits per heavy atom. The Bertz CT molecular complexity index is 980. The van der Waals surface area contributed by atoms with Crippen molar-refractivity contribution >= 4 is 12.2 Å². The summed E-state index contributed by atoms with van der Waals surface area (Å²) in [6.07, 6.45) is 10.5. The lowest BCUT2D eigenvalue weighted by atomic mass is 10.0. The highest BCUT2D eigenvalue weighted by atomic mass is 16.1. The summed E-state index contributed by atoms with van der Waals surface area (Å²) in [7, 11) is 0. The highest BCUT2D eigenvalue weighted by Gasteiger charge is 2.15. The van der Waals surface area contributed by atoms with Gasteiger partial charge >= 0.3 is 0 Å². The number of aromatic amines is 1. The van der Waals surface area contributed by atoms with Crippen molar-refractivity contribution < 1.29 is 0 Å². The molecule has 3 aromatic rings. The summed E-state index contributed by atoms with van der Waals surface area (Å²) in [6.45, 7) is 1.88. The molecule has 0 radical (unpaired) electrons. The van der Waals surface area contributed by atoms with E-state index in [9.17, 15) is 4.79 Å². The molecule has 5 nitrogen and oxygen atoms in total. The van der Waals surface area contributed by atoms with E-state index in [0.717, 1.165) is 35.3 Å². The zero-order valence-corrected chi connectivity index (χ0v) is 14.2. The molecule has 2 heterocycles. The third-order valence-corrected chi connectivity index (χ3v) is 4.67. The standard InChI is InChI=1S/C20H20N4O/c1-14-12-20(25)23-22-17(14)11-8-15-6-9-16(10-7-15)24-13-21-18-4-2-3-5-19(18)24/h6-13H,2-5H2,1H3,(H,23,25)/b11-8+. The normalized spacial score (nSPS) is 14.0. The highest BCUT2D eigenvalue weighted by molar-refractivity contribution is 5.69. The smallest absolute Gasteiger partial charge is 0.264 e.